The van der Waals surface area contributed by atoms with Gasteiger partial charge in [-0.3, -0.25) is 14.6 Å². The Morgan fingerprint density at radius 2 is 1.68 bits per heavy atom. The minimum Gasteiger partial charge on any atom is -0.367 e. The lowest BCUT2D eigenvalue weighted by molar-refractivity contribution is -0.122. The van der Waals surface area contributed by atoms with Gasteiger partial charge in [0.05, 0.1) is 22.6 Å². The molecule has 12 heteroatoms. The number of carbonyl (C=O) groups is 2. The van der Waals surface area contributed by atoms with Gasteiger partial charge in [-0.1, -0.05) is 24.3 Å². The van der Waals surface area contributed by atoms with Crippen LogP contribution in [0.3, 0.4) is 0 Å². The first-order valence-corrected chi connectivity index (χ1v) is 11.5. The highest BCUT2D eigenvalue weighted by atomic mass is 35.5. The summed E-state index contributed by atoms with van der Waals surface area (Å²) in [4.78, 5) is 30.9. The van der Waals surface area contributed by atoms with Gasteiger partial charge in [-0.05, 0) is 54.8 Å². The molecule has 1 aliphatic heterocycles. The van der Waals surface area contributed by atoms with Crippen molar-refractivity contribution in [3.63, 3.8) is 0 Å². The molecule has 3 aromatic rings. The second kappa shape index (κ2) is 13.5. The number of para-hydroxylation sites is 2. The van der Waals surface area contributed by atoms with E-state index in [0.29, 0.717) is 56.0 Å². The van der Waals surface area contributed by atoms with Gasteiger partial charge in [0.25, 0.3) is 11.8 Å². The van der Waals surface area contributed by atoms with Gasteiger partial charge in [0, 0.05) is 37.9 Å². The van der Waals surface area contributed by atoms with Crippen molar-refractivity contribution in [2.75, 3.05) is 36.0 Å². The van der Waals surface area contributed by atoms with Gasteiger partial charge in [0.1, 0.15) is 0 Å². The van der Waals surface area contributed by atoms with Gasteiger partial charge < -0.3 is 16.0 Å². The third-order valence-corrected chi connectivity index (χ3v) is 6.02. The molecule has 0 bridgehead atoms. The molecule has 2 heterocycles. The molecular formula is C26H28Cl2F3N5O2. The number of piperazine rings is 1. The van der Waals surface area contributed by atoms with E-state index in [9.17, 15) is 22.8 Å². The average molecular weight is 570 g/mol. The summed E-state index contributed by atoms with van der Waals surface area (Å²) in [6.45, 7) is 2.36. The zero-order chi connectivity index (χ0) is 25.7. The van der Waals surface area contributed by atoms with E-state index in [-0.39, 0.29) is 46.5 Å². The maximum Gasteiger partial charge on any atom is 0.491 e. The fourth-order valence-electron chi connectivity index (χ4n) is 4.30. The maximum absolute atomic E-state index is 14.3. The molecule has 4 rings (SSSR count). The summed E-state index contributed by atoms with van der Waals surface area (Å²) in [6, 6.07) is 15.3. The van der Waals surface area contributed by atoms with Crippen LogP contribution in [0.15, 0.2) is 66.9 Å². The Hall–Kier alpha value is -3.34. The molecule has 7 nitrogen and oxygen atoms in total. The van der Waals surface area contributed by atoms with Crippen molar-refractivity contribution < 1.29 is 22.8 Å². The second-order valence-electron chi connectivity index (χ2n) is 8.40. The minimum absolute atomic E-state index is 0. The first kappa shape index (κ1) is 30.9. The number of pyridine rings is 1. The third-order valence-electron chi connectivity index (χ3n) is 6.02. The number of hydrogen-bond acceptors (Lipinski definition) is 5. The Morgan fingerprint density at radius 1 is 0.974 bits per heavy atom. The Bertz CT molecular complexity index is 1250. The minimum atomic E-state index is -4.93. The topological polar surface area (TPSA) is 91.6 Å². The number of benzene rings is 2. The van der Waals surface area contributed by atoms with Crippen molar-refractivity contribution in [1.82, 2.24) is 10.3 Å². The van der Waals surface area contributed by atoms with Crippen LogP contribution >= 0.6 is 24.8 Å². The molecule has 204 valence electrons. The van der Waals surface area contributed by atoms with Crippen LogP contribution in [0.1, 0.15) is 32.0 Å². The molecule has 2 amide bonds. The maximum atomic E-state index is 14.3. The van der Waals surface area contributed by atoms with E-state index in [1.807, 2.05) is 4.90 Å². The summed E-state index contributed by atoms with van der Waals surface area (Å²) >= 11 is 0. The molecular weight excluding hydrogens is 542 g/mol. The number of aromatic nitrogens is 1. The number of nitrogens with one attached hydrogen (secondary N) is 1. The van der Waals surface area contributed by atoms with Crippen LogP contribution in [-0.2, 0) is 12.8 Å². The van der Waals surface area contributed by atoms with Crippen LogP contribution in [-0.4, -0.2) is 49.3 Å². The molecule has 0 unspecified atom stereocenters. The van der Waals surface area contributed by atoms with Gasteiger partial charge in [-0.25, -0.2) is 4.90 Å². The number of hydrogen-bond donors (Lipinski definition) is 2. The summed E-state index contributed by atoms with van der Waals surface area (Å²) in [7, 11) is 0. The molecule has 0 aliphatic carbocycles. The number of nitrogens with zero attached hydrogens (tertiary/aromatic N) is 3. The molecule has 3 N–H and O–H groups in total. The summed E-state index contributed by atoms with van der Waals surface area (Å²) in [5.41, 5.74) is 6.88. The highest BCUT2D eigenvalue weighted by Gasteiger charge is 2.44. The molecule has 0 spiro atoms. The monoisotopic (exact) mass is 569 g/mol. The van der Waals surface area contributed by atoms with Gasteiger partial charge in [-0.2, -0.15) is 0 Å². The number of halogens is 5. The van der Waals surface area contributed by atoms with Gasteiger partial charge >= 0.3 is 6.30 Å². The lowest BCUT2D eigenvalue weighted by atomic mass is 10.0. The van der Waals surface area contributed by atoms with Crippen LogP contribution < -0.4 is 20.9 Å². The Labute approximate surface area is 231 Å². The molecule has 1 fully saturated rings. The predicted molar refractivity (Wildman–Crippen MR) is 145 cm³/mol. The average Bonchev–Trinajstić information content (AvgIpc) is 2.88. The van der Waals surface area contributed by atoms with Crippen molar-refractivity contribution in [3.8, 4) is 0 Å². The zero-order valence-corrected chi connectivity index (χ0v) is 21.9. The Balaban J connectivity index is 0.00000253. The van der Waals surface area contributed by atoms with E-state index in [4.69, 9.17) is 5.73 Å². The fraction of sp³-hybridized carbons (Fsp3) is 0.269. The zero-order valence-electron chi connectivity index (χ0n) is 20.3. The quantitative estimate of drug-likeness (QED) is 0.412. The third kappa shape index (κ3) is 7.15. The van der Waals surface area contributed by atoms with Crippen molar-refractivity contribution >= 4 is 48.0 Å². The molecule has 0 radical (unpaired) electrons. The Morgan fingerprint density at radius 3 is 2.37 bits per heavy atom. The molecule has 0 atom stereocenters. The van der Waals surface area contributed by atoms with Crippen LogP contribution in [0.2, 0.25) is 0 Å². The largest absolute Gasteiger partial charge is 0.491 e. The predicted octanol–water partition coefficient (Wildman–Crippen LogP) is 4.39. The number of alkyl halides is 3. The number of aryl methyl sites for hydroxylation is 2. The van der Waals surface area contributed by atoms with E-state index < -0.39 is 18.1 Å². The number of nitrogens with two attached hydrogens (primary N) is 1. The second-order valence-corrected chi connectivity index (χ2v) is 8.40. The molecule has 1 saturated heterocycles. The smallest absolute Gasteiger partial charge is 0.367 e. The number of primary amides is 1. The summed E-state index contributed by atoms with van der Waals surface area (Å²) in [5, 5.41) is 3.18. The lowest BCUT2D eigenvalue weighted by Gasteiger charge is -2.34. The van der Waals surface area contributed by atoms with Crippen molar-refractivity contribution in [1.29, 1.82) is 0 Å². The van der Waals surface area contributed by atoms with E-state index in [1.165, 1.54) is 24.3 Å². The first-order valence-electron chi connectivity index (χ1n) is 11.5. The molecule has 2 aromatic carbocycles. The van der Waals surface area contributed by atoms with E-state index in [1.54, 1.807) is 42.6 Å². The number of anilines is 2. The summed E-state index contributed by atoms with van der Waals surface area (Å²) < 4.78 is 42.9. The van der Waals surface area contributed by atoms with Crippen LogP contribution in [0.25, 0.3) is 0 Å². The van der Waals surface area contributed by atoms with E-state index in [2.05, 4.69) is 10.3 Å². The Kier molecular flexibility index (Phi) is 10.9. The van der Waals surface area contributed by atoms with Crippen molar-refractivity contribution in [2.24, 2.45) is 5.73 Å². The number of carbonyl (C=O) groups excluding carboxylic acids is 2. The molecule has 1 aromatic heterocycles. The van der Waals surface area contributed by atoms with Crippen LogP contribution in [0, 0.1) is 0 Å². The van der Waals surface area contributed by atoms with Gasteiger partial charge in [-0.15, -0.1) is 38.0 Å². The highest BCUT2D eigenvalue weighted by molar-refractivity contribution is 6.08. The van der Waals surface area contributed by atoms with Crippen molar-refractivity contribution in [3.05, 3.63) is 89.2 Å². The first-order chi connectivity index (χ1) is 17.3. The summed E-state index contributed by atoms with van der Waals surface area (Å²) in [6.07, 6.45) is -2.69. The highest BCUT2D eigenvalue weighted by Crippen LogP contribution is 2.37. The van der Waals surface area contributed by atoms with E-state index >= 15 is 0 Å². The standard InChI is InChI=1S/C26H26F3N5O2.2ClH/c27-26(28,29)34(23-9-2-1-8-22(23)33-15-13-31-14-16-33)25(36)19-6-3-5-18(17-19)10-11-21-20(24(30)35)7-4-12-32-21;;/h1-9,12,17,31H,10-11,13-16H2,(H2,30,35);2*1H. The molecule has 1 aliphatic rings. The lowest BCUT2D eigenvalue weighted by Crippen LogP contribution is -2.47. The molecule has 0 saturated carbocycles. The van der Waals surface area contributed by atoms with Crippen molar-refractivity contribution in [2.45, 2.75) is 19.1 Å². The van der Waals surface area contributed by atoms with Crippen LogP contribution in [0.5, 0.6) is 0 Å². The number of amides is 2. The van der Waals surface area contributed by atoms with E-state index in [0.717, 1.165) is 0 Å². The fourth-order valence-corrected chi connectivity index (χ4v) is 4.30. The SMILES string of the molecule is Cl.Cl.NC(=O)c1cccnc1CCc1cccc(C(=O)N(c2ccccc2N2CCNCC2)C(F)(F)F)c1. The summed E-state index contributed by atoms with van der Waals surface area (Å²) in [5.74, 6) is -1.77. The normalized spacial score (nSPS) is 13.2. The number of rotatable bonds is 7. The van der Waals surface area contributed by atoms with Gasteiger partial charge in [0.2, 0.25) is 0 Å². The van der Waals surface area contributed by atoms with Crippen LogP contribution in [0.4, 0.5) is 24.5 Å². The molecule has 38 heavy (non-hydrogen) atoms. The van der Waals surface area contributed by atoms with Gasteiger partial charge in [0.15, 0.2) is 0 Å².